The van der Waals surface area contributed by atoms with Crippen LogP contribution in [0.25, 0.3) is 0 Å². The van der Waals surface area contributed by atoms with Gasteiger partial charge in [0, 0.05) is 6.04 Å². The summed E-state index contributed by atoms with van der Waals surface area (Å²) in [5, 5.41) is 11.2. The lowest BCUT2D eigenvalue weighted by Crippen LogP contribution is -2.45. The van der Waals surface area contributed by atoms with Crippen LogP contribution in [0.3, 0.4) is 0 Å². The van der Waals surface area contributed by atoms with E-state index in [0.29, 0.717) is 0 Å². The van der Waals surface area contributed by atoms with Crippen LogP contribution in [0.5, 0.6) is 0 Å². The fourth-order valence-corrected chi connectivity index (χ4v) is 2.67. The number of carbonyl (C=O) groups excluding carboxylic acids is 1. The van der Waals surface area contributed by atoms with Crippen molar-refractivity contribution in [3.8, 4) is 0 Å². The van der Waals surface area contributed by atoms with E-state index in [1.54, 1.807) is 30.3 Å². The Morgan fingerprint density at radius 1 is 1.30 bits per heavy atom. The van der Waals surface area contributed by atoms with E-state index in [1.807, 2.05) is 0 Å². The highest BCUT2D eigenvalue weighted by Gasteiger charge is 2.63. The maximum atomic E-state index is 13.0. The topological polar surface area (TPSA) is 75.6 Å². The maximum absolute atomic E-state index is 13.0. The Kier molecular flexibility index (Phi) is 4.82. The van der Waals surface area contributed by atoms with Crippen molar-refractivity contribution in [2.75, 3.05) is 0 Å². The Labute approximate surface area is 130 Å². The van der Waals surface area contributed by atoms with Crippen molar-refractivity contribution in [1.82, 2.24) is 5.32 Å². The minimum absolute atomic E-state index is 0.0112. The highest BCUT2D eigenvalue weighted by molar-refractivity contribution is 5.76. The molecule has 8 heteroatoms. The maximum Gasteiger partial charge on any atom is 0.407 e. The molecule has 126 valence electrons. The van der Waals surface area contributed by atoms with Crippen LogP contribution in [0.1, 0.15) is 24.8 Å². The number of halogens is 3. The standard InChI is InChI=1S/C15H16F3NO4/c16-15(17,18)14(12(20)21)7-6-11(8-14)19-13(22)23-9-10-4-2-1-3-5-10/h1-5,11H,6-9H2,(H,19,22)(H,20,21)/t11-,14+/m1/s1. The van der Waals surface area contributed by atoms with Crippen molar-refractivity contribution in [2.45, 2.75) is 38.1 Å². The normalized spacial score (nSPS) is 24.2. The summed E-state index contributed by atoms with van der Waals surface area (Å²) in [5.41, 5.74) is -2.06. The van der Waals surface area contributed by atoms with Gasteiger partial charge in [0.1, 0.15) is 6.61 Å². The van der Waals surface area contributed by atoms with E-state index >= 15 is 0 Å². The summed E-state index contributed by atoms with van der Waals surface area (Å²) < 4.78 is 44.0. The number of hydrogen-bond donors (Lipinski definition) is 2. The molecule has 1 aromatic carbocycles. The molecule has 1 aliphatic carbocycles. The molecule has 0 aromatic heterocycles. The number of carboxylic acid groups (broad SMARTS) is 1. The van der Waals surface area contributed by atoms with Crippen LogP contribution in [0.15, 0.2) is 30.3 Å². The number of rotatable bonds is 4. The van der Waals surface area contributed by atoms with Gasteiger partial charge in [-0.15, -0.1) is 0 Å². The van der Waals surface area contributed by atoms with Gasteiger partial charge in [0.2, 0.25) is 0 Å². The molecule has 1 amide bonds. The first-order chi connectivity index (χ1) is 10.7. The lowest BCUT2D eigenvalue weighted by Gasteiger charge is -2.27. The summed E-state index contributed by atoms with van der Waals surface area (Å²) in [6, 6.07) is 7.92. The summed E-state index contributed by atoms with van der Waals surface area (Å²) in [6.07, 6.45) is -7.03. The molecule has 2 atom stereocenters. The Balaban J connectivity index is 1.89. The van der Waals surface area contributed by atoms with Gasteiger partial charge in [-0.05, 0) is 24.8 Å². The third kappa shape index (κ3) is 3.75. The number of carbonyl (C=O) groups is 2. The zero-order chi connectivity index (χ0) is 17.1. The van der Waals surface area contributed by atoms with Gasteiger partial charge in [0.05, 0.1) is 0 Å². The van der Waals surface area contributed by atoms with Crippen molar-refractivity contribution in [1.29, 1.82) is 0 Å². The Hall–Kier alpha value is -2.25. The second-order valence-electron chi connectivity index (χ2n) is 5.53. The summed E-state index contributed by atoms with van der Waals surface area (Å²) in [5.74, 6) is -1.91. The van der Waals surface area contributed by atoms with Crippen LogP contribution in [-0.2, 0) is 16.1 Å². The first kappa shape index (κ1) is 17.1. The van der Waals surface area contributed by atoms with Gasteiger partial charge >= 0.3 is 18.2 Å². The lowest BCUT2D eigenvalue weighted by molar-refractivity contribution is -0.230. The van der Waals surface area contributed by atoms with E-state index in [-0.39, 0.29) is 13.0 Å². The van der Waals surface area contributed by atoms with Crippen molar-refractivity contribution >= 4 is 12.1 Å². The summed E-state index contributed by atoms with van der Waals surface area (Å²) in [6.45, 7) is -0.0112. The Morgan fingerprint density at radius 2 is 1.96 bits per heavy atom. The number of ether oxygens (including phenoxy) is 1. The highest BCUT2D eigenvalue weighted by atomic mass is 19.4. The van der Waals surface area contributed by atoms with Gasteiger partial charge in [0.15, 0.2) is 5.41 Å². The largest absolute Gasteiger partial charge is 0.481 e. The fraction of sp³-hybridized carbons (Fsp3) is 0.467. The first-order valence-electron chi connectivity index (χ1n) is 7.02. The number of amides is 1. The van der Waals surface area contributed by atoms with Crippen molar-refractivity contribution in [3.63, 3.8) is 0 Å². The average Bonchev–Trinajstić information content (AvgIpc) is 2.91. The molecule has 0 unspecified atom stereocenters. The van der Waals surface area contributed by atoms with E-state index < -0.39 is 42.5 Å². The number of alkyl carbamates (subject to hydrolysis) is 1. The number of nitrogens with one attached hydrogen (secondary N) is 1. The summed E-state index contributed by atoms with van der Waals surface area (Å²) >= 11 is 0. The summed E-state index contributed by atoms with van der Waals surface area (Å²) in [4.78, 5) is 22.7. The number of benzene rings is 1. The van der Waals surface area contributed by atoms with Crippen LogP contribution in [-0.4, -0.2) is 29.4 Å². The predicted molar refractivity (Wildman–Crippen MR) is 73.5 cm³/mol. The quantitative estimate of drug-likeness (QED) is 0.889. The van der Waals surface area contributed by atoms with Crippen molar-refractivity contribution in [2.24, 2.45) is 5.41 Å². The first-order valence-corrected chi connectivity index (χ1v) is 7.02. The highest BCUT2D eigenvalue weighted by Crippen LogP contribution is 2.50. The minimum Gasteiger partial charge on any atom is -0.481 e. The van der Waals surface area contributed by atoms with E-state index in [0.717, 1.165) is 5.56 Å². The van der Waals surface area contributed by atoms with Gasteiger partial charge in [0.25, 0.3) is 0 Å². The lowest BCUT2D eigenvalue weighted by atomic mass is 9.85. The molecular weight excluding hydrogens is 315 g/mol. The molecule has 5 nitrogen and oxygen atoms in total. The zero-order valence-corrected chi connectivity index (χ0v) is 12.1. The second kappa shape index (κ2) is 6.47. The van der Waals surface area contributed by atoms with E-state index in [9.17, 15) is 22.8 Å². The van der Waals surface area contributed by atoms with Gasteiger partial charge in [-0.2, -0.15) is 13.2 Å². The molecule has 2 N–H and O–H groups in total. The molecule has 1 aliphatic rings. The van der Waals surface area contributed by atoms with E-state index in [4.69, 9.17) is 9.84 Å². The fourth-order valence-electron chi connectivity index (χ4n) is 2.67. The zero-order valence-electron chi connectivity index (χ0n) is 12.1. The van der Waals surface area contributed by atoms with E-state index in [2.05, 4.69) is 5.32 Å². The molecular formula is C15H16F3NO4. The van der Waals surface area contributed by atoms with Crippen LogP contribution in [0.4, 0.5) is 18.0 Å². The SMILES string of the molecule is O=C(N[C@@H]1CC[C@](C(=O)O)(C(F)(F)F)C1)OCc1ccccc1. The molecule has 2 rings (SSSR count). The van der Waals surface area contributed by atoms with Gasteiger partial charge in [-0.25, -0.2) is 4.79 Å². The number of alkyl halides is 3. The molecule has 0 spiro atoms. The third-order valence-electron chi connectivity index (χ3n) is 4.00. The molecule has 0 radical (unpaired) electrons. The summed E-state index contributed by atoms with van der Waals surface area (Å²) in [7, 11) is 0. The monoisotopic (exact) mass is 331 g/mol. The molecule has 1 fully saturated rings. The van der Waals surface area contributed by atoms with E-state index in [1.165, 1.54) is 0 Å². The third-order valence-corrected chi connectivity index (χ3v) is 4.00. The van der Waals surface area contributed by atoms with Crippen LogP contribution < -0.4 is 5.32 Å². The van der Waals surface area contributed by atoms with Crippen molar-refractivity contribution in [3.05, 3.63) is 35.9 Å². The smallest absolute Gasteiger partial charge is 0.407 e. The molecule has 1 aromatic rings. The van der Waals surface area contributed by atoms with Crippen LogP contribution in [0, 0.1) is 5.41 Å². The number of carboxylic acids is 1. The van der Waals surface area contributed by atoms with Crippen molar-refractivity contribution < 1.29 is 32.6 Å². The van der Waals surface area contributed by atoms with Crippen LogP contribution in [0.2, 0.25) is 0 Å². The molecule has 0 aliphatic heterocycles. The van der Waals surface area contributed by atoms with Crippen LogP contribution >= 0.6 is 0 Å². The molecule has 0 bridgehead atoms. The average molecular weight is 331 g/mol. The Morgan fingerprint density at radius 3 is 2.48 bits per heavy atom. The molecule has 23 heavy (non-hydrogen) atoms. The number of hydrogen-bond acceptors (Lipinski definition) is 3. The molecule has 1 saturated carbocycles. The minimum atomic E-state index is -4.86. The van der Waals surface area contributed by atoms with Gasteiger partial charge in [-0.1, -0.05) is 30.3 Å². The van der Waals surface area contributed by atoms with Gasteiger partial charge < -0.3 is 15.2 Å². The Bertz CT molecular complexity index is 576. The molecule has 0 heterocycles. The number of aliphatic carboxylic acids is 1. The predicted octanol–water partition coefficient (Wildman–Crippen LogP) is 3.10. The van der Waals surface area contributed by atoms with Gasteiger partial charge in [-0.3, -0.25) is 4.79 Å². The second-order valence-corrected chi connectivity index (χ2v) is 5.53. The molecule has 0 saturated heterocycles.